The minimum Gasteiger partial charge on any atom is -0.492 e. The van der Waals surface area contributed by atoms with Gasteiger partial charge in [-0.15, -0.1) is 0 Å². The zero-order valence-electron chi connectivity index (χ0n) is 10.0. The molecule has 98 valence electrons. The van der Waals surface area contributed by atoms with Crippen molar-refractivity contribution in [1.82, 2.24) is 4.98 Å². The highest BCUT2D eigenvalue weighted by Crippen LogP contribution is 2.21. The standard InChI is InChI=1S/C14H12FNO3/c15-11-2-1-3-12(13(11)14(17)18)19-9-6-10-4-7-16-8-5-10/h1-5,7-8H,6,9H2,(H,17,18). The van der Waals surface area contributed by atoms with Gasteiger partial charge in [0.15, 0.2) is 0 Å². The summed E-state index contributed by atoms with van der Waals surface area (Å²) in [4.78, 5) is 14.8. The Balaban J connectivity index is 2.04. The van der Waals surface area contributed by atoms with E-state index in [0.717, 1.165) is 11.6 Å². The van der Waals surface area contributed by atoms with Gasteiger partial charge in [-0.2, -0.15) is 0 Å². The van der Waals surface area contributed by atoms with Gasteiger partial charge in [0.25, 0.3) is 0 Å². The molecule has 0 radical (unpaired) electrons. The van der Waals surface area contributed by atoms with E-state index in [2.05, 4.69) is 4.98 Å². The zero-order valence-corrected chi connectivity index (χ0v) is 10.0. The number of benzene rings is 1. The maximum absolute atomic E-state index is 13.4. The van der Waals surface area contributed by atoms with Crippen LogP contribution in [0.2, 0.25) is 0 Å². The fourth-order valence-electron chi connectivity index (χ4n) is 1.66. The molecule has 5 heteroatoms. The molecule has 0 saturated heterocycles. The van der Waals surface area contributed by atoms with Gasteiger partial charge < -0.3 is 9.84 Å². The summed E-state index contributed by atoms with van der Waals surface area (Å²) >= 11 is 0. The van der Waals surface area contributed by atoms with Crippen LogP contribution in [-0.4, -0.2) is 22.7 Å². The second-order valence-corrected chi connectivity index (χ2v) is 3.87. The third-order valence-electron chi connectivity index (χ3n) is 2.59. The summed E-state index contributed by atoms with van der Waals surface area (Å²) in [6, 6.07) is 7.64. The Hall–Kier alpha value is -2.43. The van der Waals surface area contributed by atoms with Crippen LogP contribution in [0, 0.1) is 5.82 Å². The second kappa shape index (κ2) is 5.95. The Bertz CT molecular complexity index is 572. The van der Waals surface area contributed by atoms with Gasteiger partial charge in [0, 0.05) is 18.8 Å². The van der Waals surface area contributed by atoms with Crippen LogP contribution in [0.4, 0.5) is 4.39 Å². The lowest BCUT2D eigenvalue weighted by Crippen LogP contribution is -2.08. The number of hydrogen-bond acceptors (Lipinski definition) is 3. The first kappa shape index (κ1) is 13.0. The van der Waals surface area contributed by atoms with Crippen LogP contribution in [0.1, 0.15) is 15.9 Å². The van der Waals surface area contributed by atoms with Gasteiger partial charge in [0.2, 0.25) is 0 Å². The van der Waals surface area contributed by atoms with Gasteiger partial charge in [-0.25, -0.2) is 9.18 Å². The van der Waals surface area contributed by atoms with Crippen molar-refractivity contribution in [2.75, 3.05) is 6.61 Å². The van der Waals surface area contributed by atoms with E-state index in [4.69, 9.17) is 9.84 Å². The van der Waals surface area contributed by atoms with E-state index >= 15 is 0 Å². The Kier molecular flexibility index (Phi) is 4.07. The number of halogens is 1. The molecule has 19 heavy (non-hydrogen) atoms. The van der Waals surface area contributed by atoms with Gasteiger partial charge in [-0.3, -0.25) is 4.98 Å². The molecule has 1 aromatic heterocycles. The van der Waals surface area contributed by atoms with E-state index in [-0.39, 0.29) is 12.4 Å². The van der Waals surface area contributed by atoms with E-state index in [0.29, 0.717) is 6.42 Å². The predicted octanol–water partition coefficient (Wildman–Crippen LogP) is 2.54. The first-order valence-corrected chi connectivity index (χ1v) is 5.72. The van der Waals surface area contributed by atoms with E-state index in [1.54, 1.807) is 12.4 Å². The number of pyridine rings is 1. The lowest BCUT2D eigenvalue weighted by atomic mass is 10.2. The molecule has 0 atom stereocenters. The molecule has 0 aliphatic heterocycles. The molecule has 1 heterocycles. The molecule has 2 aromatic rings. The van der Waals surface area contributed by atoms with Crippen molar-refractivity contribution in [3.63, 3.8) is 0 Å². The van der Waals surface area contributed by atoms with E-state index in [1.807, 2.05) is 12.1 Å². The summed E-state index contributed by atoms with van der Waals surface area (Å²) in [5.74, 6) is -2.09. The number of rotatable bonds is 5. The molecule has 0 aliphatic carbocycles. The summed E-state index contributed by atoms with van der Waals surface area (Å²) in [5, 5.41) is 8.93. The molecule has 0 unspecified atom stereocenters. The normalized spacial score (nSPS) is 10.2. The number of aromatic nitrogens is 1. The van der Waals surface area contributed by atoms with Crippen LogP contribution in [-0.2, 0) is 6.42 Å². The van der Waals surface area contributed by atoms with Crippen LogP contribution in [0.15, 0.2) is 42.7 Å². The molecule has 4 nitrogen and oxygen atoms in total. The van der Waals surface area contributed by atoms with E-state index < -0.39 is 17.3 Å². The number of aromatic carboxylic acids is 1. The Morgan fingerprint density at radius 1 is 1.26 bits per heavy atom. The Morgan fingerprint density at radius 3 is 2.68 bits per heavy atom. The first-order chi connectivity index (χ1) is 9.18. The monoisotopic (exact) mass is 261 g/mol. The predicted molar refractivity (Wildman–Crippen MR) is 66.8 cm³/mol. The lowest BCUT2D eigenvalue weighted by molar-refractivity contribution is 0.0687. The maximum atomic E-state index is 13.4. The summed E-state index contributed by atoms with van der Waals surface area (Å²) < 4.78 is 18.7. The molecule has 0 spiro atoms. The van der Waals surface area contributed by atoms with Crippen LogP contribution in [0.25, 0.3) is 0 Å². The van der Waals surface area contributed by atoms with Crippen molar-refractivity contribution >= 4 is 5.97 Å². The highest BCUT2D eigenvalue weighted by atomic mass is 19.1. The van der Waals surface area contributed by atoms with Crippen molar-refractivity contribution in [3.8, 4) is 5.75 Å². The zero-order chi connectivity index (χ0) is 13.7. The van der Waals surface area contributed by atoms with Crippen LogP contribution in [0.5, 0.6) is 5.75 Å². The molecular formula is C14H12FNO3. The lowest BCUT2D eigenvalue weighted by Gasteiger charge is -2.09. The molecule has 1 aromatic carbocycles. The van der Waals surface area contributed by atoms with Gasteiger partial charge in [-0.1, -0.05) is 6.07 Å². The maximum Gasteiger partial charge on any atom is 0.342 e. The van der Waals surface area contributed by atoms with Crippen LogP contribution >= 0.6 is 0 Å². The number of carbonyl (C=O) groups is 1. The molecule has 2 rings (SSSR count). The summed E-state index contributed by atoms with van der Waals surface area (Å²) in [6.07, 6.45) is 3.93. The Morgan fingerprint density at radius 2 is 2.00 bits per heavy atom. The van der Waals surface area contributed by atoms with Crippen molar-refractivity contribution in [2.24, 2.45) is 0 Å². The SMILES string of the molecule is O=C(O)c1c(F)cccc1OCCc1ccncc1. The van der Waals surface area contributed by atoms with Gasteiger partial charge in [-0.05, 0) is 29.8 Å². The van der Waals surface area contributed by atoms with Crippen LogP contribution in [0.3, 0.4) is 0 Å². The topological polar surface area (TPSA) is 59.4 Å². The number of hydrogen-bond donors (Lipinski definition) is 1. The molecule has 0 bridgehead atoms. The fraction of sp³-hybridized carbons (Fsp3) is 0.143. The van der Waals surface area contributed by atoms with E-state index in [1.165, 1.54) is 12.1 Å². The number of nitrogens with zero attached hydrogens (tertiary/aromatic N) is 1. The van der Waals surface area contributed by atoms with Gasteiger partial charge in [0.1, 0.15) is 17.1 Å². The van der Waals surface area contributed by atoms with Crippen molar-refractivity contribution in [2.45, 2.75) is 6.42 Å². The molecule has 0 amide bonds. The Labute approximate surface area is 109 Å². The second-order valence-electron chi connectivity index (χ2n) is 3.87. The first-order valence-electron chi connectivity index (χ1n) is 5.72. The van der Waals surface area contributed by atoms with Gasteiger partial charge in [0.05, 0.1) is 6.61 Å². The average Bonchev–Trinajstić information content (AvgIpc) is 2.39. The molecule has 1 N–H and O–H groups in total. The van der Waals surface area contributed by atoms with Crippen molar-refractivity contribution in [3.05, 3.63) is 59.7 Å². The molecule has 0 aliphatic rings. The third kappa shape index (κ3) is 3.28. The quantitative estimate of drug-likeness (QED) is 0.898. The highest BCUT2D eigenvalue weighted by molar-refractivity contribution is 5.91. The number of carboxylic acid groups (broad SMARTS) is 1. The average molecular weight is 261 g/mol. The number of carboxylic acids is 1. The third-order valence-corrected chi connectivity index (χ3v) is 2.59. The minimum absolute atomic E-state index is 0.0431. The number of ether oxygens (including phenoxy) is 1. The summed E-state index contributed by atoms with van der Waals surface area (Å²) in [5.41, 5.74) is 0.584. The fourth-order valence-corrected chi connectivity index (χ4v) is 1.66. The molecular weight excluding hydrogens is 249 g/mol. The minimum atomic E-state index is -1.34. The van der Waals surface area contributed by atoms with Crippen LogP contribution < -0.4 is 4.74 Å². The largest absolute Gasteiger partial charge is 0.492 e. The summed E-state index contributed by atoms with van der Waals surface area (Å²) in [6.45, 7) is 0.272. The van der Waals surface area contributed by atoms with Crippen molar-refractivity contribution in [1.29, 1.82) is 0 Å². The van der Waals surface area contributed by atoms with Crippen molar-refractivity contribution < 1.29 is 19.0 Å². The van der Waals surface area contributed by atoms with Gasteiger partial charge >= 0.3 is 5.97 Å². The van der Waals surface area contributed by atoms with E-state index in [9.17, 15) is 9.18 Å². The smallest absolute Gasteiger partial charge is 0.342 e. The highest BCUT2D eigenvalue weighted by Gasteiger charge is 2.16. The molecule has 0 saturated carbocycles. The summed E-state index contributed by atoms with van der Waals surface area (Å²) in [7, 11) is 0. The molecule has 0 fully saturated rings.